The van der Waals surface area contributed by atoms with Gasteiger partial charge < -0.3 is 13.9 Å². The van der Waals surface area contributed by atoms with Gasteiger partial charge in [-0.15, -0.1) is 13.2 Å². The summed E-state index contributed by atoms with van der Waals surface area (Å²) in [6, 6.07) is 5.45. The van der Waals surface area contributed by atoms with Crippen molar-refractivity contribution in [2.75, 3.05) is 6.61 Å². The molecule has 0 unspecified atom stereocenters. The van der Waals surface area contributed by atoms with Crippen LogP contribution in [-0.4, -0.2) is 49.0 Å². The van der Waals surface area contributed by atoms with Gasteiger partial charge in [-0.3, -0.25) is 4.90 Å². The van der Waals surface area contributed by atoms with Gasteiger partial charge in [0.05, 0.1) is 12.1 Å². The van der Waals surface area contributed by atoms with Gasteiger partial charge in [-0.2, -0.15) is 0 Å². The molecule has 0 aromatic heterocycles. The number of rotatable bonds is 4. The monoisotopic (exact) mass is 525 g/mol. The van der Waals surface area contributed by atoms with Crippen LogP contribution < -0.4 is 4.74 Å². The summed E-state index contributed by atoms with van der Waals surface area (Å²) in [5, 5.41) is 0.0382. The fraction of sp³-hybridized carbons (Fsp3) is 0.667. The van der Waals surface area contributed by atoms with E-state index in [0.29, 0.717) is 25.0 Å². The third kappa shape index (κ3) is 6.20. The highest BCUT2D eigenvalue weighted by Gasteiger charge is 2.63. The van der Waals surface area contributed by atoms with E-state index in [0.717, 1.165) is 12.8 Å². The third-order valence-corrected chi connectivity index (χ3v) is 12.0. The third-order valence-electron chi connectivity index (χ3n) is 7.52. The molecule has 0 atom stereocenters. The lowest BCUT2D eigenvalue weighted by Crippen LogP contribution is -2.55. The first-order valence-electron chi connectivity index (χ1n) is 12.3. The highest BCUT2D eigenvalue weighted by Crippen LogP contribution is 2.54. The maximum absolute atomic E-state index is 13.5. The lowest BCUT2D eigenvalue weighted by atomic mass is 9.83. The zero-order valence-electron chi connectivity index (χ0n) is 22.6. The van der Waals surface area contributed by atoms with Crippen LogP contribution in [-0.2, 0) is 9.16 Å². The number of alkyl halides is 3. The Morgan fingerprint density at radius 1 is 1.00 bits per heavy atom. The first kappa shape index (κ1) is 28.4. The Morgan fingerprint density at radius 2 is 1.56 bits per heavy atom. The number of carbonyl (C=O) groups excluding carboxylic acids is 1. The van der Waals surface area contributed by atoms with E-state index in [-0.39, 0.29) is 10.8 Å². The molecule has 2 heterocycles. The van der Waals surface area contributed by atoms with Gasteiger partial charge >= 0.3 is 12.5 Å². The normalized spacial score (nSPS) is 24.4. The molecule has 0 radical (unpaired) electrons. The van der Waals surface area contributed by atoms with Crippen LogP contribution in [0.1, 0.15) is 72.8 Å². The van der Waals surface area contributed by atoms with Crippen molar-refractivity contribution in [1.29, 1.82) is 0 Å². The summed E-state index contributed by atoms with van der Waals surface area (Å²) in [6.07, 6.45) is -2.25. The summed E-state index contributed by atoms with van der Waals surface area (Å²) in [5.74, 6) is 6.09. The first-order valence-corrected chi connectivity index (χ1v) is 15.2. The molecular formula is C27H38F3NO4Si. The Balaban J connectivity index is 1.90. The van der Waals surface area contributed by atoms with Crippen LogP contribution in [0.4, 0.5) is 18.0 Å². The Kier molecular flexibility index (Phi) is 7.32. The van der Waals surface area contributed by atoms with E-state index >= 15 is 0 Å². The van der Waals surface area contributed by atoms with Crippen molar-refractivity contribution in [3.63, 3.8) is 0 Å². The molecular weight excluding hydrogens is 487 g/mol. The molecule has 0 spiro atoms. The molecule has 0 saturated carbocycles. The van der Waals surface area contributed by atoms with Gasteiger partial charge in [0.1, 0.15) is 16.9 Å². The smallest absolute Gasteiger partial charge is 0.444 e. The van der Waals surface area contributed by atoms with Crippen molar-refractivity contribution < 1.29 is 31.9 Å². The highest BCUT2D eigenvalue weighted by atomic mass is 28.4. The minimum Gasteiger partial charge on any atom is -0.444 e. The Hall–Kier alpha value is -2.18. The second kappa shape index (κ2) is 9.28. The second-order valence-corrected chi connectivity index (χ2v) is 17.3. The van der Waals surface area contributed by atoms with Crippen LogP contribution in [0.5, 0.6) is 5.75 Å². The van der Waals surface area contributed by atoms with E-state index < -0.39 is 37.5 Å². The highest BCUT2D eigenvalue weighted by molar-refractivity contribution is 6.74. The molecule has 2 saturated heterocycles. The fourth-order valence-electron chi connectivity index (χ4n) is 4.56. The zero-order chi connectivity index (χ0) is 27.2. The quantitative estimate of drug-likeness (QED) is 0.307. The molecule has 3 rings (SSSR count). The van der Waals surface area contributed by atoms with Gasteiger partial charge in [0, 0.05) is 5.56 Å². The van der Waals surface area contributed by atoms with Gasteiger partial charge in [0.25, 0.3) is 0 Å². The average Bonchev–Trinajstić information content (AvgIpc) is 3.20. The molecule has 2 aliphatic heterocycles. The van der Waals surface area contributed by atoms with Crippen molar-refractivity contribution >= 4 is 14.4 Å². The Morgan fingerprint density at radius 3 is 2.03 bits per heavy atom. The minimum absolute atomic E-state index is 0.0382. The van der Waals surface area contributed by atoms with Crippen molar-refractivity contribution in [2.24, 2.45) is 0 Å². The number of hydrogen-bond donors (Lipinski definition) is 0. The molecule has 5 nitrogen and oxygen atoms in total. The number of carbonyl (C=O) groups is 1. The molecule has 1 aromatic rings. The number of fused-ring (bicyclic) bond motifs is 2. The van der Waals surface area contributed by atoms with Gasteiger partial charge in [0.2, 0.25) is 0 Å². The number of amides is 1. The number of ether oxygens (including phenoxy) is 2. The summed E-state index contributed by atoms with van der Waals surface area (Å²) in [5.41, 5.74) is -1.31. The van der Waals surface area contributed by atoms with E-state index in [2.05, 4.69) is 50.4 Å². The summed E-state index contributed by atoms with van der Waals surface area (Å²) >= 11 is 0. The average molecular weight is 526 g/mol. The second-order valence-electron chi connectivity index (χ2n) is 12.4. The number of benzene rings is 1. The van der Waals surface area contributed by atoms with Crippen LogP contribution in [0.25, 0.3) is 0 Å². The van der Waals surface area contributed by atoms with Crippen LogP contribution in [0, 0.1) is 11.8 Å². The van der Waals surface area contributed by atoms with E-state index in [1.54, 1.807) is 0 Å². The molecule has 2 bridgehead atoms. The van der Waals surface area contributed by atoms with E-state index in [4.69, 9.17) is 9.16 Å². The largest absolute Gasteiger partial charge is 0.573 e. The first-order chi connectivity index (χ1) is 16.3. The van der Waals surface area contributed by atoms with Crippen LogP contribution in [0.3, 0.4) is 0 Å². The van der Waals surface area contributed by atoms with E-state index in [1.807, 2.05) is 25.7 Å². The number of nitrogens with zero attached hydrogens (tertiary/aromatic N) is 1. The van der Waals surface area contributed by atoms with Gasteiger partial charge in [-0.25, -0.2) is 4.79 Å². The molecule has 2 fully saturated rings. The molecule has 200 valence electrons. The van der Waals surface area contributed by atoms with Crippen molar-refractivity contribution in [3.05, 3.63) is 29.8 Å². The van der Waals surface area contributed by atoms with Crippen LogP contribution >= 0.6 is 0 Å². The lowest BCUT2D eigenvalue weighted by Gasteiger charge is -2.42. The predicted octanol–water partition coefficient (Wildman–Crippen LogP) is 7.26. The number of hydrogen-bond acceptors (Lipinski definition) is 4. The summed E-state index contributed by atoms with van der Waals surface area (Å²) in [7, 11) is -2.05. The van der Waals surface area contributed by atoms with E-state index in [9.17, 15) is 18.0 Å². The maximum atomic E-state index is 13.5. The van der Waals surface area contributed by atoms with Crippen molar-refractivity contribution in [1.82, 2.24) is 4.90 Å². The number of halogens is 3. The van der Waals surface area contributed by atoms with E-state index in [1.165, 1.54) is 24.3 Å². The summed E-state index contributed by atoms with van der Waals surface area (Å²) in [6.45, 7) is 16.9. The van der Waals surface area contributed by atoms with Gasteiger partial charge in [-0.1, -0.05) is 32.6 Å². The fourth-order valence-corrected chi connectivity index (χ4v) is 5.62. The predicted molar refractivity (Wildman–Crippen MR) is 135 cm³/mol. The minimum atomic E-state index is -4.75. The molecule has 0 N–H and O–H groups in total. The van der Waals surface area contributed by atoms with Crippen LogP contribution in [0.2, 0.25) is 18.1 Å². The van der Waals surface area contributed by atoms with Gasteiger partial charge in [-0.05, 0) is 88.9 Å². The van der Waals surface area contributed by atoms with Gasteiger partial charge in [0.15, 0.2) is 8.32 Å². The summed E-state index contributed by atoms with van der Waals surface area (Å²) in [4.78, 5) is 15.3. The van der Waals surface area contributed by atoms with Crippen molar-refractivity contribution in [3.8, 4) is 17.6 Å². The molecule has 2 aliphatic rings. The maximum Gasteiger partial charge on any atom is 0.573 e. The topological polar surface area (TPSA) is 48.0 Å². The van der Waals surface area contributed by atoms with Crippen LogP contribution in [0.15, 0.2) is 24.3 Å². The molecule has 1 aromatic carbocycles. The standard InChI is InChI=1S/C27H38F3NO4Si/c1-23(2,3)35-22(32)31-25(14-13-20-9-11-21(12-10-20)34-27(28,29)30)15-17-26(31,18-16-25)19-33-36(7,8)24(4,5)6/h9-12H,15-19H2,1-8H3. The molecule has 9 heteroatoms. The summed E-state index contributed by atoms with van der Waals surface area (Å²) < 4.78 is 53.7. The zero-order valence-corrected chi connectivity index (χ0v) is 23.6. The molecule has 1 amide bonds. The molecule has 36 heavy (non-hydrogen) atoms. The SMILES string of the molecule is CC(C)(C)OC(=O)N1C2(C#Cc3ccc(OC(F)(F)F)cc3)CCC1(CO[Si](C)(C)C(C)(C)C)CC2. The van der Waals surface area contributed by atoms with Crippen molar-refractivity contribution in [2.45, 2.75) is 108 Å². The Labute approximate surface area is 213 Å². The Bertz CT molecular complexity index is 1020. The molecule has 0 aliphatic carbocycles. The lowest BCUT2D eigenvalue weighted by molar-refractivity contribution is -0.274.